The average Bonchev–Trinajstić information content (AvgIpc) is 2.00. The Morgan fingerprint density at radius 2 is 1.44 bits per heavy atom. The maximum atomic E-state index is 12.0. The van der Waals surface area contributed by atoms with Crippen LogP contribution in [0.3, 0.4) is 0 Å². The van der Waals surface area contributed by atoms with Crippen LogP contribution in [0.5, 0.6) is 0 Å². The first-order chi connectivity index (χ1) is 6.99. The Morgan fingerprint density at radius 1 is 1.00 bits per heavy atom. The predicted molar refractivity (Wildman–Crippen MR) is 78.1 cm³/mol. The second kappa shape index (κ2) is 5.49. The van der Waals surface area contributed by atoms with E-state index in [4.69, 9.17) is 0 Å². The molecule has 0 spiro atoms. The highest BCUT2D eigenvalue weighted by Gasteiger charge is 2.32. The number of rotatable bonds is 5. The Bertz CT molecular complexity index is 223. The number of carbonyl (C=O) groups excluding carboxylic acids is 1. The normalized spacial score (nSPS) is 13.4. The fraction of sp³-hybridized carbons (Fsp3) is 0.917. The van der Waals surface area contributed by atoms with Gasteiger partial charge in [-0.2, -0.15) is 0 Å². The molecule has 0 aromatic heterocycles. The van der Waals surface area contributed by atoms with Crippen molar-refractivity contribution in [1.29, 1.82) is 0 Å². The molecule has 1 amide bonds. The fourth-order valence-corrected chi connectivity index (χ4v) is 3.76. The molecular formula is C12H29NOSi2. The minimum Gasteiger partial charge on any atom is -0.382 e. The van der Waals surface area contributed by atoms with Gasteiger partial charge in [-0.25, -0.2) is 0 Å². The molecule has 16 heavy (non-hydrogen) atoms. The third kappa shape index (κ3) is 4.83. The van der Waals surface area contributed by atoms with Gasteiger partial charge < -0.3 is 4.98 Å². The molecule has 96 valence electrons. The van der Waals surface area contributed by atoms with Gasteiger partial charge in [-0.05, 0) is 5.54 Å². The van der Waals surface area contributed by atoms with Crippen LogP contribution in [0.15, 0.2) is 0 Å². The summed E-state index contributed by atoms with van der Waals surface area (Å²) in [5, 5.41) is 0. The lowest BCUT2D eigenvalue weighted by Crippen LogP contribution is -2.52. The van der Waals surface area contributed by atoms with Crippen molar-refractivity contribution >= 4 is 22.2 Å². The van der Waals surface area contributed by atoms with Gasteiger partial charge in [0, 0.05) is 6.04 Å². The van der Waals surface area contributed by atoms with Gasteiger partial charge in [0.05, 0.1) is 8.07 Å². The van der Waals surface area contributed by atoms with Crippen LogP contribution in [-0.2, 0) is 4.79 Å². The molecule has 0 aliphatic heterocycles. The van der Waals surface area contributed by atoms with E-state index >= 15 is 0 Å². The minimum absolute atomic E-state index is 0.288. The van der Waals surface area contributed by atoms with E-state index in [1.807, 2.05) is 0 Å². The summed E-state index contributed by atoms with van der Waals surface area (Å²) in [6.45, 7) is 18.0. The molecule has 0 aromatic rings. The van der Waals surface area contributed by atoms with E-state index in [9.17, 15) is 4.79 Å². The first-order valence-electron chi connectivity index (χ1n) is 6.30. The Hall–Kier alpha value is -0.0962. The summed E-state index contributed by atoms with van der Waals surface area (Å²) in [6, 6.07) is 0.772. The maximum absolute atomic E-state index is 12.0. The van der Waals surface area contributed by atoms with Crippen LogP contribution in [0.25, 0.3) is 0 Å². The standard InChI is InChI=1S/C12H29NOSi2/c1-10(2)15(5,6)9-12(14)13-16(7,8)11(3)4/h10-11H,9H2,1-8H3,(H,13,14). The Kier molecular flexibility index (Phi) is 5.46. The highest BCUT2D eigenvalue weighted by molar-refractivity contribution is 6.83. The summed E-state index contributed by atoms with van der Waals surface area (Å²) in [6.07, 6.45) is 0. The maximum Gasteiger partial charge on any atom is 0.209 e. The van der Waals surface area contributed by atoms with Crippen molar-refractivity contribution in [2.45, 2.75) is 71.0 Å². The van der Waals surface area contributed by atoms with E-state index in [-0.39, 0.29) is 5.91 Å². The molecule has 1 N–H and O–H groups in total. The molecule has 2 nitrogen and oxygen atoms in total. The second-order valence-electron chi connectivity index (χ2n) is 6.74. The van der Waals surface area contributed by atoms with Crippen molar-refractivity contribution in [2.24, 2.45) is 0 Å². The zero-order chi connectivity index (χ0) is 13.1. The molecule has 0 saturated heterocycles. The number of hydrogen-bond acceptors (Lipinski definition) is 1. The lowest BCUT2D eigenvalue weighted by Gasteiger charge is -2.31. The van der Waals surface area contributed by atoms with Gasteiger partial charge in [-0.15, -0.1) is 0 Å². The summed E-state index contributed by atoms with van der Waals surface area (Å²) in [4.78, 5) is 15.3. The second-order valence-corrected chi connectivity index (χ2v) is 17.1. The molecular weight excluding hydrogens is 230 g/mol. The van der Waals surface area contributed by atoms with Crippen LogP contribution in [0.1, 0.15) is 27.7 Å². The Morgan fingerprint density at radius 3 is 1.75 bits per heavy atom. The number of hydrogen-bond donors (Lipinski definition) is 1. The number of carbonyl (C=O) groups is 1. The molecule has 0 aliphatic rings. The van der Waals surface area contributed by atoms with Gasteiger partial charge in [0.25, 0.3) is 0 Å². The van der Waals surface area contributed by atoms with Crippen LogP contribution in [0.4, 0.5) is 0 Å². The third-order valence-electron chi connectivity index (χ3n) is 4.08. The molecule has 0 rings (SSSR count). The molecule has 0 radical (unpaired) electrons. The molecule has 0 unspecified atom stereocenters. The van der Waals surface area contributed by atoms with E-state index in [1.165, 1.54) is 0 Å². The van der Waals surface area contributed by atoms with E-state index in [1.54, 1.807) is 0 Å². The minimum atomic E-state index is -1.56. The van der Waals surface area contributed by atoms with Crippen LogP contribution in [-0.4, -0.2) is 22.2 Å². The zero-order valence-corrected chi connectivity index (χ0v) is 14.3. The van der Waals surface area contributed by atoms with Gasteiger partial charge in [0.1, 0.15) is 0 Å². The van der Waals surface area contributed by atoms with E-state index < -0.39 is 16.3 Å². The SMILES string of the molecule is CC(C)[Si](C)(C)CC(=O)N[Si](C)(C)C(C)C. The van der Waals surface area contributed by atoms with Gasteiger partial charge in [0.2, 0.25) is 5.91 Å². The van der Waals surface area contributed by atoms with Crippen molar-refractivity contribution in [3.8, 4) is 0 Å². The largest absolute Gasteiger partial charge is 0.382 e. The van der Waals surface area contributed by atoms with Gasteiger partial charge in [-0.3, -0.25) is 4.79 Å². The average molecular weight is 260 g/mol. The Labute approximate surface area is 103 Å². The van der Waals surface area contributed by atoms with Gasteiger partial charge >= 0.3 is 0 Å². The van der Waals surface area contributed by atoms with Crippen molar-refractivity contribution in [1.82, 2.24) is 4.98 Å². The highest BCUT2D eigenvalue weighted by Crippen LogP contribution is 2.25. The van der Waals surface area contributed by atoms with Crippen LogP contribution in [0, 0.1) is 0 Å². The highest BCUT2D eigenvalue weighted by atomic mass is 28.3. The molecule has 0 fully saturated rings. The smallest absolute Gasteiger partial charge is 0.209 e. The molecule has 0 heterocycles. The summed E-state index contributed by atoms with van der Waals surface area (Å²) < 4.78 is 0. The molecule has 0 aromatic carbocycles. The van der Waals surface area contributed by atoms with Crippen LogP contribution < -0.4 is 4.98 Å². The zero-order valence-electron chi connectivity index (χ0n) is 12.3. The quantitative estimate of drug-likeness (QED) is 0.747. The summed E-state index contributed by atoms with van der Waals surface area (Å²) in [7, 11) is -2.92. The molecule has 0 aliphatic carbocycles. The van der Waals surface area contributed by atoms with E-state index in [0.29, 0.717) is 11.1 Å². The van der Waals surface area contributed by atoms with E-state index in [2.05, 4.69) is 58.9 Å². The van der Waals surface area contributed by atoms with Crippen LogP contribution in [0.2, 0.25) is 43.3 Å². The summed E-state index contributed by atoms with van der Waals surface area (Å²) in [5.41, 5.74) is 1.27. The molecule has 0 saturated carbocycles. The summed E-state index contributed by atoms with van der Waals surface area (Å²) in [5.74, 6) is 0.288. The monoisotopic (exact) mass is 259 g/mol. The van der Waals surface area contributed by atoms with E-state index in [0.717, 1.165) is 6.04 Å². The predicted octanol–water partition coefficient (Wildman–Crippen LogP) is 3.84. The first kappa shape index (κ1) is 15.9. The Balaban J connectivity index is 4.41. The number of nitrogens with one attached hydrogen (secondary N) is 1. The lowest BCUT2D eigenvalue weighted by molar-refractivity contribution is -0.117. The van der Waals surface area contributed by atoms with Gasteiger partial charge in [-0.1, -0.05) is 59.4 Å². The molecule has 0 bridgehead atoms. The first-order valence-corrected chi connectivity index (χ1v) is 12.7. The van der Waals surface area contributed by atoms with Gasteiger partial charge in [0.15, 0.2) is 8.24 Å². The van der Waals surface area contributed by atoms with Crippen LogP contribution >= 0.6 is 0 Å². The van der Waals surface area contributed by atoms with Crippen molar-refractivity contribution in [3.63, 3.8) is 0 Å². The molecule has 0 atom stereocenters. The lowest BCUT2D eigenvalue weighted by atomic mass is 10.6. The van der Waals surface area contributed by atoms with Crippen molar-refractivity contribution in [3.05, 3.63) is 0 Å². The topological polar surface area (TPSA) is 29.1 Å². The number of amides is 1. The van der Waals surface area contributed by atoms with Crippen molar-refractivity contribution < 1.29 is 4.79 Å². The molecule has 4 heteroatoms. The van der Waals surface area contributed by atoms with Crippen molar-refractivity contribution in [2.75, 3.05) is 0 Å². The summed E-state index contributed by atoms with van der Waals surface area (Å²) >= 11 is 0. The fourth-order valence-electron chi connectivity index (χ4n) is 1.17. The third-order valence-corrected chi connectivity index (χ3v) is 12.3.